The predicted molar refractivity (Wildman–Crippen MR) is 110 cm³/mol. The summed E-state index contributed by atoms with van der Waals surface area (Å²) in [4.78, 5) is 28.3. The number of thiazole rings is 1. The zero-order chi connectivity index (χ0) is 21.0. The van der Waals surface area contributed by atoms with Crippen LogP contribution in [-0.2, 0) is 23.6 Å². The Kier molecular flexibility index (Phi) is 6.21. The van der Waals surface area contributed by atoms with Gasteiger partial charge in [-0.25, -0.2) is 13.1 Å². The summed E-state index contributed by atoms with van der Waals surface area (Å²) in [5.74, 6) is -0.489. The molecule has 0 aliphatic heterocycles. The molecule has 1 N–H and O–H groups in total. The molecule has 1 amide bonds. The Labute approximate surface area is 172 Å². The molecule has 0 spiro atoms. The Balaban J connectivity index is 1.67. The topological polar surface area (TPSA) is 97.6 Å². The van der Waals surface area contributed by atoms with Crippen molar-refractivity contribution in [1.29, 1.82) is 0 Å². The third kappa shape index (κ3) is 5.14. The summed E-state index contributed by atoms with van der Waals surface area (Å²) in [6, 6.07) is 12.3. The number of aryl methyl sites for hydroxylation is 1. The highest BCUT2D eigenvalue weighted by Gasteiger charge is 2.14. The Morgan fingerprint density at radius 3 is 2.21 bits per heavy atom. The fraction of sp³-hybridized carbons (Fsp3) is 0.150. The van der Waals surface area contributed by atoms with Gasteiger partial charge in [-0.2, -0.15) is 4.99 Å². The van der Waals surface area contributed by atoms with Gasteiger partial charge < -0.3 is 4.57 Å². The van der Waals surface area contributed by atoms with E-state index in [1.54, 1.807) is 28.8 Å². The third-order valence-electron chi connectivity index (χ3n) is 4.20. The van der Waals surface area contributed by atoms with Crippen LogP contribution in [0.15, 0.2) is 70.0 Å². The van der Waals surface area contributed by atoms with Gasteiger partial charge >= 0.3 is 0 Å². The van der Waals surface area contributed by atoms with E-state index in [4.69, 9.17) is 0 Å². The van der Waals surface area contributed by atoms with Gasteiger partial charge in [0.25, 0.3) is 5.91 Å². The lowest BCUT2D eigenvalue weighted by Gasteiger charge is -2.08. The highest BCUT2D eigenvalue weighted by atomic mass is 32.2. The normalized spacial score (nSPS) is 12.1. The molecule has 0 atom stereocenters. The molecular formula is C20H19N3O4S2. The summed E-state index contributed by atoms with van der Waals surface area (Å²) >= 11 is 1.37. The van der Waals surface area contributed by atoms with E-state index in [2.05, 4.69) is 9.71 Å². The van der Waals surface area contributed by atoms with E-state index in [-0.39, 0.29) is 23.1 Å². The highest BCUT2D eigenvalue weighted by Crippen LogP contribution is 2.12. The van der Waals surface area contributed by atoms with Crippen LogP contribution in [-0.4, -0.2) is 24.7 Å². The molecule has 1 aromatic heterocycles. The van der Waals surface area contributed by atoms with Gasteiger partial charge in [0.05, 0.1) is 4.90 Å². The van der Waals surface area contributed by atoms with Crippen molar-refractivity contribution < 1.29 is 18.0 Å². The number of hydrogen-bond donors (Lipinski definition) is 1. The van der Waals surface area contributed by atoms with Crippen molar-refractivity contribution in [2.24, 2.45) is 12.0 Å². The first kappa shape index (κ1) is 20.8. The van der Waals surface area contributed by atoms with Gasteiger partial charge in [0.2, 0.25) is 10.0 Å². The SMILES string of the molecule is CC(=O)c1ccc(S(=O)(=O)NCc2ccc(C(=O)N=c3sccn3C)cc2)cc1. The Morgan fingerprint density at radius 2 is 1.66 bits per heavy atom. The van der Waals surface area contributed by atoms with Crippen molar-refractivity contribution in [3.8, 4) is 0 Å². The minimum absolute atomic E-state index is 0.0717. The molecule has 0 aliphatic rings. The van der Waals surface area contributed by atoms with Crippen LogP contribution in [0.2, 0.25) is 0 Å². The summed E-state index contributed by atoms with van der Waals surface area (Å²) in [5, 5.41) is 1.84. The number of Topliss-reactive ketones (excluding diaryl/α,β-unsaturated/α-hetero) is 1. The summed E-state index contributed by atoms with van der Waals surface area (Å²) in [5.41, 5.74) is 1.57. The summed E-state index contributed by atoms with van der Waals surface area (Å²) in [6.45, 7) is 1.49. The minimum Gasteiger partial charge on any atom is -0.327 e. The molecule has 0 saturated heterocycles. The molecule has 0 bridgehead atoms. The molecule has 9 heteroatoms. The molecule has 3 rings (SSSR count). The number of aromatic nitrogens is 1. The Hall–Kier alpha value is -2.88. The highest BCUT2D eigenvalue weighted by molar-refractivity contribution is 7.89. The van der Waals surface area contributed by atoms with Gasteiger partial charge in [0.15, 0.2) is 10.6 Å². The maximum atomic E-state index is 12.4. The van der Waals surface area contributed by atoms with Crippen LogP contribution in [0.3, 0.4) is 0 Å². The van der Waals surface area contributed by atoms with Crippen molar-refractivity contribution in [1.82, 2.24) is 9.29 Å². The summed E-state index contributed by atoms with van der Waals surface area (Å²) in [7, 11) is -1.90. The molecule has 7 nitrogen and oxygen atoms in total. The summed E-state index contributed by atoms with van der Waals surface area (Å²) in [6.07, 6.45) is 1.82. The average Bonchev–Trinajstić information content (AvgIpc) is 3.11. The number of benzene rings is 2. The maximum absolute atomic E-state index is 12.4. The zero-order valence-corrected chi connectivity index (χ0v) is 17.5. The van der Waals surface area contributed by atoms with E-state index < -0.39 is 10.0 Å². The molecule has 0 unspecified atom stereocenters. The molecule has 29 heavy (non-hydrogen) atoms. The van der Waals surface area contributed by atoms with E-state index in [9.17, 15) is 18.0 Å². The van der Waals surface area contributed by atoms with E-state index in [0.717, 1.165) is 0 Å². The predicted octanol–water partition coefficient (Wildman–Crippen LogP) is 2.51. The number of nitrogens with one attached hydrogen (secondary N) is 1. The lowest BCUT2D eigenvalue weighted by atomic mass is 10.1. The molecule has 1 heterocycles. The molecule has 0 fully saturated rings. The number of amides is 1. The number of hydrogen-bond acceptors (Lipinski definition) is 5. The number of carbonyl (C=O) groups is 2. The molecule has 0 aliphatic carbocycles. The van der Waals surface area contributed by atoms with Crippen molar-refractivity contribution in [3.05, 3.63) is 81.6 Å². The first-order valence-electron chi connectivity index (χ1n) is 8.65. The fourth-order valence-electron chi connectivity index (χ4n) is 2.48. The van der Waals surface area contributed by atoms with Crippen LogP contribution < -0.4 is 9.52 Å². The van der Waals surface area contributed by atoms with Crippen LogP contribution in [0.1, 0.15) is 33.2 Å². The van der Waals surface area contributed by atoms with E-state index >= 15 is 0 Å². The lowest BCUT2D eigenvalue weighted by Crippen LogP contribution is -2.23. The van der Waals surface area contributed by atoms with Gasteiger partial charge in [-0.05, 0) is 36.8 Å². The molecule has 3 aromatic rings. The minimum atomic E-state index is -3.71. The molecular weight excluding hydrogens is 410 g/mol. The number of rotatable bonds is 6. The third-order valence-corrected chi connectivity index (χ3v) is 6.46. The van der Waals surface area contributed by atoms with Crippen molar-refractivity contribution in [3.63, 3.8) is 0 Å². The number of sulfonamides is 1. The monoisotopic (exact) mass is 429 g/mol. The second kappa shape index (κ2) is 8.64. The first-order chi connectivity index (χ1) is 13.8. The van der Waals surface area contributed by atoms with Gasteiger partial charge in [-0.3, -0.25) is 9.59 Å². The van der Waals surface area contributed by atoms with Crippen LogP contribution in [0.4, 0.5) is 0 Å². The summed E-state index contributed by atoms with van der Waals surface area (Å²) < 4.78 is 29.1. The van der Waals surface area contributed by atoms with Crippen molar-refractivity contribution in [2.45, 2.75) is 18.4 Å². The van der Waals surface area contributed by atoms with Gasteiger partial charge in [-0.1, -0.05) is 24.3 Å². The number of nitrogens with zero attached hydrogens (tertiary/aromatic N) is 2. The van der Waals surface area contributed by atoms with E-state index in [1.165, 1.54) is 42.5 Å². The van der Waals surface area contributed by atoms with Gasteiger partial charge in [0, 0.05) is 36.3 Å². The van der Waals surface area contributed by atoms with Crippen LogP contribution in [0.25, 0.3) is 0 Å². The van der Waals surface area contributed by atoms with Crippen LogP contribution >= 0.6 is 11.3 Å². The lowest BCUT2D eigenvalue weighted by molar-refractivity contribution is 0.0994. The smallest absolute Gasteiger partial charge is 0.279 e. The second-order valence-electron chi connectivity index (χ2n) is 6.32. The number of carbonyl (C=O) groups excluding carboxylic acids is 2. The fourth-order valence-corrected chi connectivity index (χ4v) is 4.23. The molecule has 2 aromatic carbocycles. The van der Waals surface area contributed by atoms with Crippen LogP contribution in [0.5, 0.6) is 0 Å². The number of ketones is 1. The van der Waals surface area contributed by atoms with Crippen molar-refractivity contribution >= 4 is 33.1 Å². The molecule has 0 saturated carbocycles. The van der Waals surface area contributed by atoms with Crippen LogP contribution in [0, 0.1) is 0 Å². The van der Waals surface area contributed by atoms with Gasteiger partial charge in [0.1, 0.15) is 0 Å². The van der Waals surface area contributed by atoms with Gasteiger partial charge in [-0.15, -0.1) is 11.3 Å². The Bertz CT molecular complexity index is 1210. The largest absolute Gasteiger partial charge is 0.327 e. The Morgan fingerprint density at radius 1 is 1.03 bits per heavy atom. The maximum Gasteiger partial charge on any atom is 0.279 e. The zero-order valence-electron chi connectivity index (χ0n) is 15.8. The molecule has 0 radical (unpaired) electrons. The van der Waals surface area contributed by atoms with E-state index in [0.29, 0.717) is 21.5 Å². The average molecular weight is 430 g/mol. The van der Waals surface area contributed by atoms with E-state index in [1.807, 2.05) is 18.6 Å². The molecule has 150 valence electrons. The first-order valence-corrected chi connectivity index (χ1v) is 11.0. The quantitative estimate of drug-likeness (QED) is 0.609. The standard InChI is InChI=1S/C20H19N3O4S2/c1-14(24)16-7-9-18(10-8-16)29(26,27)21-13-15-3-5-17(6-4-15)19(25)22-20-23(2)11-12-28-20/h3-12,21H,13H2,1-2H3. The second-order valence-corrected chi connectivity index (χ2v) is 8.96. The van der Waals surface area contributed by atoms with Crippen molar-refractivity contribution in [2.75, 3.05) is 0 Å².